The molecular formula is C14H22N2O4. The Labute approximate surface area is 118 Å². The quantitative estimate of drug-likeness (QED) is 0.747. The molecule has 0 bridgehead atoms. The number of carboxylic acid groups (broad SMARTS) is 1. The summed E-state index contributed by atoms with van der Waals surface area (Å²) in [5, 5.41) is 11.5. The number of likely N-dealkylation sites (tertiary alicyclic amines) is 1. The molecule has 1 aliphatic carbocycles. The molecule has 1 heterocycles. The molecule has 0 atom stereocenters. The minimum atomic E-state index is -0.814. The molecule has 20 heavy (non-hydrogen) atoms. The lowest BCUT2D eigenvalue weighted by molar-refractivity contribution is -0.145. The van der Waals surface area contributed by atoms with Crippen molar-refractivity contribution in [1.29, 1.82) is 0 Å². The predicted octanol–water partition coefficient (Wildman–Crippen LogP) is 0.616. The van der Waals surface area contributed by atoms with Crippen LogP contribution < -0.4 is 5.32 Å². The van der Waals surface area contributed by atoms with Gasteiger partial charge in [-0.25, -0.2) is 0 Å². The third kappa shape index (κ3) is 3.95. The second-order valence-electron chi connectivity index (χ2n) is 5.79. The number of carbonyl (C=O) groups excluding carboxylic acids is 2. The highest BCUT2D eigenvalue weighted by Crippen LogP contribution is 2.24. The van der Waals surface area contributed by atoms with E-state index in [4.69, 9.17) is 5.11 Å². The summed E-state index contributed by atoms with van der Waals surface area (Å²) >= 11 is 0. The molecule has 1 saturated heterocycles. The van der Waals surface area contributed by atoms with Crippen LogP contribution in [-0.2, 0) is 14.4 Å². The van der Waals surface area contributed by atoms with E-state index in [9.17, 15) is 14.4 Å². The van der Waals surface area contributed by atoms with Crippen molar-refractivity contribution in [3.8, 4) is 0 Å². The fourth-order valence-electron chi connectivity index (χ4n) is 2.93. The van der Waals surface area contributed by atoms with E-state index < -0.39 is 5.97 Å². The van der Waals surface area contributed by atoms with E-state index in [0.717, 1.165) is 25.7 Å². The Hall–Kier alpha value is -1.59. The highest BCUT2D eigenvalue weighted by Gasteiger charge is 2.31. The van der Waals surface area contributed by atoms with Gasteiger partial charge in [-0.05, 0) is 12.8 Å². The monoisotopic (exact) mass is 282 g/mol. The zero-order valence-corrected chi connectivity index (χ0v) is 11.6. The summed E-state index contributed by atoms with van der Waals surface area (Å²) in [7, 11) is 0. The lowest BCUT2D eigenvalue weighted by atomic mass is 9.96. The minimum Gasteiger partial charge on any atom is -0.481 e. The maximum absolute atomic E-state index is 11.8. The molecule has 0 unspecified atom stereocenters. The summed E-state index contributed by atoms with van der Waals surface area (Å²) in [5.41, 5.74) is 0. The molecule has 2 rings (SSSR count). The average molecular weight is 282 g/mol. The number of hydrogen-bond acceptors (Lipinski definition) is 3. The molecule has 2 aliphatic rings. The maximum atomic E-state index is 11.8. The van der Waals surface area contributed by atoms with Crippen LogP contribution in [0.5, 0.6) is 0 Å². The van der Waals surface area contributed by atoms with Crippen molar-refractivity contribution in [3.05, 3.63) is 0 Å². The van der Waals surface area contributed by atoms with Crippen LogP contribution in [0.2, 0.25) is 0 Å². The number of rotatable bonds is 6. The molecule has 1 saturated carbocycles. The van der Waals surface area contributed by atoms with Gasteiger partial charge >= 0.3 is 5.97 Å². The van der Waals surface area contributed by atoms with Crippen molar-refractivity contribution < 1.29 is 19.5 Å². The van der Waals surface area contributed by atoms with Gasteiger partial charge in [-0.3, -0.25) is 14.4 Å². The first-order valence-corrected chi connectivity index (χ1v) is 7.33. The van der Waals surface area contributed by atoms with E-state index in [-0.39, 0.29) is 30.1 Å². The number of amides is 2. The van der Waals surface area contributed by atoms with Gasteiger partial charge in [0.1, 0.15) is 0 Å². The fraction of sp³-hybridized carbons (Fsp3) is 0.786. The average Bonchev–Trinajstić information content (AvgIpc) is 2.86. The summed E-state index contributed by atoms with van der Waals surface area (Å²) < 4.78 is 0. The Morgan fingerprint density at radius 1 is 1.15 bits per heavy atom. The summed E-state index contributed by atoms with van der Waals surface area (Å²) in [6, 6.07) is 0. The van der Waals surface area contributed by atoms with Crippen molar-refractivity contribution in [2.45, 2.75) is 38.5 Å². The van der Waals surface area contributed by atoms with E-state index >= 15 is 0 Å². The summed E-state index contributed by atoms with van der Waals surface area (Å²) in [6.45, 7) is 1.44. The van der Waals surface area contributed by atoms with E-state index in [1.807, 2.05) is 0 Å². The molecule has 1 aliphatic heterocycles. The molecule has 0 aromatic heterocycles. The van der Waals surface area contributed by atoms with Gasteiger partial charge in [0.2, 0.25) is 11.8 Å². The molecule has 2 N–H and O–H groups in total. The van der Waals surface area contributed by atoms with Gasteiger partial charge < -0.3 is 15.3 Å². The smallest absolute Gasteiger partial charge is 0.303 e. The van der Waals surface area contributed by atoms with Gasteiger partial charge in [-0.2, -0.15) is 0 Å². The summed E-state index contributed by atoms with van der Waals surface area (Å²) in [5.74, 6) is -0.523. The highest BCUT2D eigenvalue weighted by molar-refractivity contribution is 5.81. The van der Waals surface area contributed by atoms with Gasteiger partial charge in [-0.1, -0.05) is 12.8 Å². The van der Waals surface area contributed by atoms with Gasteiger partial charge in [0.25, 0.3) is 0 Å². The normalized spacial score (nSPS) is 19.7. The zero-order valence-electron chi connectivity index (χ0n) is 11.6. The van der Waals surface area contributed by atoms with Crippen LogP contribution in [0.3, 0.4) is 0 Å². The van der Waals surface area contributed by atoms with Crippen LogP contribution in [0.4, 0.5) is 0 Å². The summed E-state index contributed by atoms with van der Waals surface area (Å²) in [6.07, 6.45) is 4.59. The van der Waals surface area contributed by atoms with Crippen molar-refractivity contribution in [1.82, 2.24) is 10.2 Å². The van der Waals surface area contributed by atoms with E-state index in [1.165, 1.54) is 0 Å². The number of nitrogens with one attached hydrogen (secondary N) is 1. The van der Waals surface area contributed by atoms with Gasteiger partial charge in [0.15, 0.2) is 0 Å². The molecule has 6 heteroatoms. The Morgan fingerprint density at radius 3 is 2.40 bits per heavy atom. The van der Waals surface area contributed by atoms with E-state index in [2.05, 4.69) is 5.32 Å². The maximum Gasteiger partial charge on any atom is 0.303 e. The molecule has 0 spiro atoms. The van der Waals surface area contributed by atoms with Crippen LogP contribution in [0.25, 0.3) is 0 Å². The van der Waals surface area contributed by atoms with Gasteiger partial charge in [0, 0.05) is 37.9 Å². The Morgan fingerprint density at radius 2 is 1.80 bits per heavy atom. The number of hydrogen-bond donors (Lipinski definition) is 2. The first-order chi connectivity index (χ1) is 9.56. The SMILES string of the molecule is O=C(O)CC1CN(C(=O)CCNC(=O)C2CCCC2)C1. The first-order valence-electron chi connectivity index (χ1n) is 7.33. The van der Waals surface area contributed by atoms with Crippen LogP contribution in [-0.4, -0.2) is 47.4 Å². The zero-order chi connectivity index (χ0) is 14.5. The first kappa shape index (κ1) is 14.8. The third-order valence-electron chi connectivity index (χ3n) is 4.14. The largest absolute Gasteiger partial charge is 0.481 e. The topological polar surface area (TPSA) is 86.7 Å². The second-order valence-corrected chi connectivity index (χ2v) is 5.79. The van der Waals surface area contributed by atoms with Crippen LogP contribution in [0.15, 0.2) is 0 Å². The van der Waals surface area contributed by atoms with Gasteiger partial charge in [0.05, 0.1) is 6.42 Å². The molecule has 6 nitrogen and oxygen atoms in total. The Balaban J connectivity index is 1.57. The fourth-order valence-corrected chi connectivity index (χ4v) is 2.93. The Kier molecular flexibility index (Phi) is 4.98. The predicted molar refractivity (Wildman–Crippen MR) is 71.9 cm³/mol. The Bertz CT molecular complexity index is 385. The van der Waals surface area contributed by atoms with Crippen molar-refractivity contribution in [2.75, 3.05) is 19.6 Å². The molecule has 0 aromatic carbocycles. The van der Waals surface area contributed by atoms with Gasteiger partial charge in [-0.15, -0.1) is 0 Å². The molecule has 2 fully saturated rings. The summed E-state index contributed by atoms with van der Waals surface area (Å²) in [4.78, 5) is 35.7. The van der Waals surface area contributed by atoms with Crippen LogP contribution >= 0.6 is 0 Å². The number of nitrogens with zero attached hydrogens (tertiary/aromatic N) is 1. The minimum absolute atomic E-state index is 0.00152. The van der Waals surface area contributed by atoms with Crippen molar-refractivity contribution in [3.63, 3.8) is 0 Å². The molecule has 0 radical (unpaired) electrons. The molecule has 2 amide bonds. The molecule has 0 aromatic rings. The number of carbonyl (C=O) groups is 3. The molecule has 112 valence electrons. The number of aliphatic carboxylic acids is 1. The van der Waals surface area contributed by atoms with Crippen LogP contribution in [0, 0.1) is 11.8 Å². The van der Waals surface area contributed by atoms with E-state index in [0.29, 0.717) is 26.1 Å². The third-order valence-corrected chi connectivity index (χ3v) is 4.14. The molecular weight excluding hydrogens is 260 g/mol. The standard InChI is InChI=1S/C14H22N2O4/c17-12(16-8-10(9-16)7-13(18)19)5-6-15-14(20)11-3-1-2-4-11/h10-11H,1-9H2,(H,15,20)(H,18,19). The highest BCUT2D eigenvalue weighted by atomic mass is 16.4. The van der Waals surface area contributed by atoms with E-state index in [1.54, 1.807) is 4.90 Å². The lowest BCUT2D eigenvalue weighted by Gasteiger charge is -2.38. The number of carboxylic acids is 1. The van der Waals surface area contributed by atoms with Crippen LogP contribution in [0.1, 0.15) is 38.5 Å². The van der Waals surface area contributed by atoms with Crippen molar-refractivity contribution >= 4 is 17.8 Å². The second kappa shape index (κ2) is 6.72. The lowest BCUT2D eigenvalue weighted by Crippen LogP contribution is -2.51. The van der Waals surface area contributed by atoms with Crippen molar-refractivity contribution in [2.24, 2.45) is 11.8 Å².